The summed E-state index contributed by atoms with van der Waals surface area (Å²) in [5.74, 6) is 1.41. The Bertz CT molecular complexity index is 743. The lowest BCUT2D eigenvalue weighted by atomic mass is 9.90. The van der Waals surface area contributed by atoms with Crippen LogP contribution in [0.5, 0.6) is 5.75 Å². The standard InChI is InChI=1S/C20H30N4O2/c1-14-9-21-18(15(2)19(14)25-5)13-23(3)11-16-7-6-8-26-20(16)17-10-22-24(4)12-17/h9-10,12,16,20H,6-8,11,13H2,1-5H3/t16-,20+/m0/s1. The largest absolute Gasteiger partial charge is 0.496 e. The van der Waals surface area contributed by atoms with Crippen LogP contribution in [0.2, 0.25) is 0 Å². The molecule has 0 N–H and O–H groups in total. The van der Waals surface area contributed by atoms with Crippen molar-refractivity contribution in [2.24, 2.45) is 13.0 Å². The third-order valence-corrected chi connectivity index (χ3v) is 5.21. The molecule has 1 fully saturated rings. The molecule has 3 heterocycles. The number of ether oxygens (including phenoxy) is 2. The number of pyridine rings is 1. The predicted molar refractivity (Wildman–Crippen MR) is 101 cm³/mol. The van der Waals surface area contributed by atoms with Crippen LogP contribution in [0.3, 0.4) is 0 Å². The molecule has 2 aromatic heterocycles. The molecule has 0 unspecified atom stereocenters. The highest BCUT2D eigenvalue weighted by atomic mass is 16.5. The quantitative estimate of drug-likeness (QED) is 0.794. The average molecular weight is 358 g/mol. The number of aryl methyl sites for hydroxylation is 2. The van der Waals surface area contributed by atoms with E-state index in [9.17, 15) is 0 Å². The normalized spacial score (nSPS) is 20.5. The number of methoxy groups -OCH3 is 1. The average Bonchev–Trinajstić information content (AvgIpc) is 3.05. The summed E-state index contributed by atoms with van der Waals surface area (Å²) in [6.07, 6.45) is 8.32. The zero-order chi connectivity index (χ0) is 18.7. The summed E-state index contributed by atoms with van der Waals surface area (Å²) in [6.45, 7) is 6.72. The van der Waals surface area contributed by atoms with Gasteiger partial charge >= 0.3 is 0 Å². The summed E-state index contributed by atoms with van der Waals surface area (Å²) < 4.78 is 13.5. The van der Waals surface area contributed by atoms with Gasteiger partial charge in [-0.3, -0.25) is 9.67 Å². The first-order valence-corrected chi connectivity index (χ1v) is 9.27. The molecule has 0 aliphatic carbocycles. The maximum Gasteiger partial charge on any atom is 0.128 e. The molecular formula is C20H30N4O2. The highest BCUT2D eigenvalue weighted by Gasteiger charge is 2.29. The van der Waals surface area contributed by atoms with Gasteiger partial charge in [-0.15, -0.1) is 0 Å². The highest BCUT2D eigenvalue weighted by molar-refractivity contribution is 5.41. The zero-order valence-electron chi connectivity index (χ0n) is 16.5. The smallest absolute Gasteiger partial charge is 0.128 e. The van der Waals surface area contributed by atoms with E-state index in [1.54, 1.807) is 7.11 Å². The van der Waals surface area contributed by atoms with Crippen molar-refractivity contribution in [3.05, 3.63) is 41.0 Å². The zero-order valence-corrected chi connectivity index (χ0v) is 16.5. The van der Waals surface area contributed by atoms with Crippen LogP contribution < -0.4 is 4.74 Å². The van der Waals surface area contributed by atoms with E-state index >= 15 is 0 Å². The van der Waals surface area contributed by atoms with Crippen LogP contribution in [-0.2, 0) is 18.3 Å². The van der Waals surface area contributed by atoms with Crippen molar-refractivity contribution < 1.29 is 9.47 Å². The monoisotopic (exact) mass is 358 g/mol. The molecule has 0 bridgehead atoms. The van der Waals surface area contributed by atoms with Gasteiger partial charge in [-0.1, -0.05) is 0 Å². The van der Waals surface area contributed by atoms with Crippen molar-refractivity contribution in [1.29, 1.82) is 0 Å². The second-order valence-corrected chi connectivity index (χ2v) is 7.38. The minimum atomic E-state index is 0.126. The maximum absolute atomic E-state index is 6.10. The van der Waals surface area contributed by atoms with Crippen molar-refractivity contribution in [1.82, 2.24) is 19.7 Å². The van der Waals surface area contributed by atoms with Crippen LogP contribution in [0.1, 0.15) is 41.3 Å². The van der Waals surface area contributed by atoms with E-state index in [0.29, 0.717) is 5.92 Å². The van der Waals surface area contributed by atoms with Gasteiger partial charge in [0.05, 0.1) is 25.1 Å². The van der Waals surface area contributed by atoms with Crippen molar-refractivity contribution in [2.45, 2.75) is 39.3 Å². The first kappa shape index (κ1) is 18.9. The molecule has 1 saturated heterocycles. The summed E-state index contributed by atoms with van der Waals surface area (Å²) >= 11 is 0. The lowest BCUT2D eigenvalue weighted by Gasteiger charge is -2.34. The number of rotatable bonds is 6. The number of nitrogens with zero attached hydrogens (tertiary/aromatic N) is 4. The van der Waals surface area contributed by atoms with Gasteiger partial charge in [-0.25, -0.2) is 0 Å². The molecule has 0 saturated carbocycles. The molecule has 6 heteroatoms. The predicted octanol–water partition coefficient (Wildman–Crippen LogP) is 3.04. The van der Waals surface area contributed by atoms with Gasteiger partial charge in [0.1, 0.15) is 5.75 Å². The fourth-order valence-corrected chi connectivity index (χ4v) is 3.94. The Morgan fingerprint density at radius 1 is 1.35 bits per heavy atom. The Morgan fingerprint density at radius 3 is 2.85 bits per heavy atom. The molecule has 0 amide bonds. The van der Waals surface area contributed by atoms with Gasteiger partial charge in [0, 0.05) is 61.7 Å². The minimum absolute atomic E-state index is 0.126. The summed E-state index contributed by atoms with van der Waals surface area (Å²) in [6, 6.07) is 0. The van der Waals surface area contributed by atoms with E-state index in [4.69, 9.17) is 9.47 Å². The van der Waals surface area contributed by atoms with Crippen LogP contribution in [0.25, 0.3) is 0 Å². The number of hydrogen-bond donors (Lipinski definition) is 0. The minimum Gasteiger partial charge on any atom is -0.496 e. The van der Waals surface area contributed by atoms with E-state index in [1.165, 1.54) is 12.0 Å². The van der Waals surface area contributed by atoms with E-state index in [0.717, 1.165) is 48.7 Å². The Hall–Kier alpha value is -1.92. The molecule has 3 rings (SSSR count). The molecule has 0 spiro atoms. The molecule has 2 atom stereocenters. The third-order valence-electron chi connectivity index (χ3n) is 5.21. The molecule has 6 nitrogen and oxygen atoms in total. The van der Waals surface area contributed by atoms with Crippen LogP contribution in [0.4, 0.5) is 0 Å². The van der Waals surface area contributed by atoms with Crippen molar-refractivity contribution >= 4 is 0 Å². The SMILES string of the molecule is COc1c(C)cnc(CN(C)C[C@@H]2CCCO[C@H]2c2cnn(C)c2)c1C. The van der Waals surface area contributed by atoms with E-state index in [1.807, 2.05) is 31.0 Å². The van der Waals surface area contributed by atoms with Crippen molar-refractivity contribution in [3.8, 4) is 5.75 Å². The van der Waals surface area contributed by atoms with Crippen molar-refractivity contribution in [2.75, 3.05) is 27.3 Å². The van der Waals surface area contributed by atoms with Crippen LogP contribution in [-0.4, -0.2) is 47.0 Å². The fourth-order valence-electron chi connectivity index (χ4n) is 3.94. The Balaban J connectivity index is 1.69. The van der Waals surface area contributed by atoms with Gasteiger partial charge in [0.25, 0.3) is 0 Å². The summed E-state index contributed by atoms with van der Waals surface area (Å²) in [5, 5.41) is 4.31. The second kappa shape index (κ2) is 8.18. The first-order chi connectivity index (χ1) is 12.5. The van der Waals surface area contributed by atoms with E-state index < -0.39 is 0 Å². The molecule has 0 aromatic carbocycles. The van der Waals surface area contributed by atoms with Gasteiger partial charge in [0.15, 0.2) is 0 Å². The number of aromatic nitrogens is 3. The molecule has 1 aliphatic rings. The maximum atomic E-state index is 6.10. The van der Waals surface area contributed by atoms with Crippen molar-refractivity contribution in [3.63, 3.8) is 0 Å². The Morgan fingerprint density at radius 2 is 2.15 bits per heavy atom. The van der Waals surface area contributed by atoms with Crippen LogP contribution >= 0.6 is 0 Å². The van der Waals surface area contributed by atoms with Crippen LogP contribution in [0, 0.1) is 19.8 Å². The van der Waals surface area contributed by atoms with E-state index in [2.05, 4.69) is 35.2 Å². The fraction of sp³-hybridized carbons (Fsp3) is 0.600. The molecule has 2 aromatic rings. The Kier molecular flexibility index (Phi) is 5.94. The van der Waals surface area contributed by atoms with Crippen LogP contribution in [0.15, 0.2) is 18.6 Å². The number of hydrogen-bond acceptors (Lipinski definition) is 5. The van der Waals surface area contributed by atoms with Gasteiger partial charge in [0.2, 0.25) is 0 Å². The van der Waals surface area contributed by atoms with Gasteiger partial charge in [-0.05, 0) is 33.7 Å². The molecular weight excluding hydrogens is 328 g/mol. The van der Waals surface area contributed by atoms with Gasteiger partial charge < -0.3 is 14.4 Å². The third kappa shape index (κ3) is 4.07. The molecule has 0 radical (unpaired) electrons. The van der Waals surface area contributed by atoms with E-state index in [-0.39, 0.29) is 6.10 Å². The topological polar surface area (TPSA) is 52.4 Å². The Labute approximate surface area is 156 Å². The molecule has 1 aliphatic heterocycles. The lowest BCUT2D eigenvalue weighted by Crippen LogP contribution is -2.33. The summed E-state index contributed by atoms with van der Waals surface area (Å²) in [7, 11) is 5.83. The molecule has 26 heavy (non-hydrogen) atoms. The lowest BCUT2D eigenvalue weighted by molar-refractivity contribution is -0.0377. The van der Waals surface area contributed by atoms with Gasteiger partial charge in [-0.2, -0.15) is 5.10 Å². The highest BCUT2D eigenvalue weighted by Crippen LogP contribution is 2.34. The summed E-state index contributed by atoms with van der Waals surface area (Å²) in [4.78, 5) is 6.97. The first-order valence-electron chi connectivity index (χ1n) is 9.27. The second-order valence-electron chi connectivity index (χ2n) is 7.38. The molecule has 142 valence electrons. The summed E-state index contributed by atoms with van der Waals surface area (Å²) in [5.41, 5.74) is 4.46.